The second kappa shape index (κ2) is 29.9. The van der Waals surface area contributed by atoms with Gasteiger partial charge in [-0.25, -0.2) is 9.59 Å². The Bertz CT molecular complexity index is 5200. The van der Waals surface area contributed by atoms with E-state index >= 15 is 0 Å². The summed E-state index contributed by atoms with van der Waals surface area (Å²) < 4.78 is 77.9. The fourth-order valence-electron chi connectivity index (χ4n) is 20.6. The minimum Gasteiger partial charge on any atom is -0.504 e. The first-order valence-electron chi connectivity index (χ1n) is 37.5. The Balaban J connectivity index is 0.000000178. The monoisotopic (exact) mass is 1610 g/mol. The van der Waals surface area contributed by atoms with Crippen molar-refractivity contribution in [2.75, 3.05) is 93.9 Å². The van der Waals surface area contributed by atoms with Crippen LogP contribution >= 0.6 is 23.5 Å². The van der Waals surface area contributed by atoms with E-state index in [0.29, 0.717) is 140 Å². The molecule has 2 unspecified atom stereocenters. The van der Waals surface area contributed by atoms with Gasteiger partial charge < -0.3 is 76.9 Å². The van der Waals surface area contributed by atoms with Gasteiger partial charge in [-0.1, -0.05) is 27.0 Å². The smallest absolute Gasteiger partial charge is 0.331 e. The van der Waals surface area contributed by atoms with Crippen molar-refractivity contribution >= 4 is 53.4 Å². The lowest BCUT2D eigenvalue weighted by Gasteiger charge is -2.62. The number of hydrogen-bond donors (Lipinski definition) is 5. The molecule has 14 aliphatic rings. The summed E-state index contributed by atoms with van der Waals surface area (Å²) in [6.45, 7) is 11.8. The van der Waals surface area contributed by atoms with Crippen molar-refractivity contribution in [3.63, 3.8) is 0 Å². The van der Waals surface area contributed by atoms with Crippen LogP contribution in [0, 0.1) is 50.4 Å². The number of methoxy groups -OCH3 is 4. The van der Waals surface area contributed by atoms with Gasteiger partial charge in [0.15, 0.2) is 80.1 Å². The predicted octanol–water partition coefficient (Wildman–Crippen LogP) is 9.47. The summed E-state index contributed by atoms with van der Waals surface area (Å²) in [5.74, 6) is 1.65. The molecule has 31 heteroatoms. The second-order valence-corrected chi connectivity index (χ2v) is 33.0. The maximum Gasteiger partial charge on any atom is 0.331 e. The van der Waals surface area contributed by atoms with Crippen LogP contribution in [0.25, 0.3) is 0 Å². The van der Waals surface area contributed by atoms with Crippen molar-refractivity contribution in [3.8, 4) is 92.6 Å². The third kappa shape index (κ3) is 11.8. The molecule has 608 valence electrons. The number of nitrogens with zero attached hydrogens (tertiary/aromatic N) is 6. The highest BCUT2D eigenvalue weighted by Gasteiger charge is 2.65. The Morgan fingerprint density at radius 1 is 0.513 bits per heavy atom. The summed E-state index contributed by atoms with van der Waals surface area (Å²) in [7, 11) is 9.97. The summed E-state index contributed by atoms with van der Waals surface area (Å²) >= 11 is 2.95. The van der Waals surface area contributed by atoms with E-state index in [1.54, 1.807) is 24.3 Å². The number of nitrogens with one attached hydrogen (secondary N) is 2. The van der Waals surface area contributed by atoms with Gasteiger partial charge in [0.25, 0.3) is 0 Å². The zero-order valence-electron chi connectivity index (χ0n) is 64.6. The van der Waals surface area contributed by atoms with Crippen molar-refractivity contribution in [3.05, 3.63) is 125 Å². The maximum atomic E-state index is 14.9. The molecule has 14 aliphatic heterocycles. The number of carbonyl (C=O) groups is 5. The van der Waals surface area contributed by atoms with Gasteiger partial charge in [-0.05, 0) is 136 Å². The summed E-state index contributed by atoms with van der Waals surface area (Å²) in [5.41, 5.74) is 8.70. The molecular formula is C84H94N8O21S2. The molecule has 0 amide bonds. The van der Waals surface area contributed by atoms with Crippen LogP contribution in [-0.4, -0.2) is 195 Å². The molecule has 20 rings (SSSR count). The number of phenols is 3. The zero-order valence-corrected chi connectivity index (χ0v) is 66.2. The molecule has 6 aromatic carbocycles. The first kappa shape index (κ1) is 80.1. The third-order valence-corrected chi connectivity index (χ3v) is 28.1. The molecule has 14 heterocycles. The second-order valence-electron chi connectivity index (χ2n) is 30.8. The number of ether oxygens (including phenoxy) is 13. The minimum absolute atomic E-state index is 0. The van der Waals surface area contributed by atoms with Gasteiger partial charge in [-0.3, -0.25) is 44.6 Å². The van der Waals surface area contributed by atoms with Crippen LogP contribution in [0.3, 0.4) is 0 Å². The van der Waals surface area contributed by atoms with E-state index in [4.69, 9.17) is 61.6 Å². The topological polar surface area (TPSA) is 351 Å². The van der Waals surface area contributed by atoms with Gasteiger partial charge in [0, 0.05) is 114 Å². The van der Waals surface area contributed by atoms with E-state index in [2.05, 4.69) is 42.4 Å². The average molecular weight is 1620 g/mol. The van der Waals surface area contributed by atoms with Gasteiger partial charge in [0.05, 0.1) is 75.2 Å². The third-order valence-electron chi connectivity index (χ3n) is 25.1. The first-order valence-corrected chi connectivity index (χ1v) is 39.6. The number of carbonyl (C=O) groups excluding carboxylic acids is 5. The van der Waals surface area contributed by atoms with Crippen LogP contribution in [0.5, 0.6) is 80.5 Å². The van der Waals surface area contributed by atoms with E-state index in [9.17, 15) is 49.8 Å². The van der Waals surface area contributed by atoms with E-state index in [0.717, 1.165) is 33.4 Å². The molecule has 29 nitrogen and oxygen atoms in total. The Morgan fingerprint density at radius 2 is 0.922 bits per heavy atom. The van der Waals surface area contributed by atoms with E-state index in [1.807, 2.05) is 53.9 Å². The summed E-state index contributed by atoms with van der Waals surface area (Å²) in [5, 5.41) is 63.1. The average Bonchev–Trinajstić information content (AvgIpc) is 1.43. The Labute approximate surface area is 674 Å². The molecule has 4 saturated heterocycles. The van der Waals surface area contributed by atoms with E-state index < -0.39 is 99.8 Å². The normalized spacial score (nSPS) is 27.9. The van der Waals surface area contributed by atoms with Gasteiger partial charge in [0.1, 0.15) is 36.8 Å². The van der Waals surface area contributed by atoms with Gasteiger partial charge in [-0.15, -0.1) is 23.5 Å². The Morgan fingerprint density at radius 3 is 1.32 bits per heavy atom. The van der Waals surface area contributed by atoms with Crippen LogP contribution < -0.4 is 62.7 Å². The van der Waals surface area contributed by atoms with E-state index in [-0.39, 0.29) is 99.7 Å². The SMILES string of the molecule is C.C.COc1cc2c(cc1O)CCN[C@]21CS[C@@H]2c3c(OC(C)=O)c(C)c4c(c3[C@H](COC1=O)N1C2[C@H]2c3c(cc(C)c(OC)c3O)C[C@@H]([C@@H]1C#N)N2C)OCO4.COc1cc2c(cc1OC(C)=O)CCN[C@]21CS[C@@H]2c3c(OC(C)=O)c(C)c4c(c3[C@H](COC1=O)N1C2[C@H]2c3c(cc(C)c(OC)c3O)C[C@@H]([C@@H]1C#N)N2C)OCO4. The van der Waals surface area contributed by atoms with Crippen molar-refractivity contribution in [1.29, 1.82) is 10.5 Å². The molecule has 2 spiro atoms. The number of aromatic hydroxyl groups is 3. The van der Waals surface area contributed by atoms with Gasteiger partial charge >= 0.3 is 29.8 Å². The molecule has 5 N–H and O–H groups in total. The molecule has 8 bridgehead atoms. The lowest BCUT2D eigenvalue weighted by Crippen LogP contribution is -2.69. The molecule has 14 atom stereocenters. The number of nitriles is 2. The van der Waals surface area contributed by atoms with Crippen LogP contribution in [0.15, 0.2) is 36.4 Å². The fourth-order valence-corrected chi connectivity index (χ4v) is 24.0. The number of hydrogen-bond acceptors (Lipinski definition) is 31. The molecule has 4 fully saturated rings. The first-order chi connectivity index (χ1) is 54.3. The number of thioether (sulfide) groups is 2. The van der Waals surface area contributed by atoms with Crippen molar-refractivity contribution in [1.82, 2.24) is 30.2 Å². The Hall–Kier alpha value is -10.1. The maximum absolute atomic E-state index is 14.9. The number of piperazine rings is 2. The fraction of sp³-hybridized carbons (Fsp3) is 0.488. The molecule has 0 aliphatic carbocycles. The summed E-state index contributed by atoms with van der Waals surface area (Å²) in [4.78, 5) is 76.3. The quantitative estimate of drug-likeness (QED) is 0.0733. The number of aryl methyl sites for hydroxylation is 2. The molecular weight excluding hydrogens is 1520 g/mol. The van der Waals surface area contributed by atoms with Gasteiger partial charge in [-0.2, -0.15) is 10.5 Å². The van der Waals surface area contributed by atoms with Crippen LogP contribution in [0.1, 0.15) is 159 Å². The number of likely N-dealkylation sites (N-methyl/N-ethyl adjacent to an activating group) is 2. The molecule has 0 aromatic heterocycles. The highest BCUT2D eigenvalue weighted by molar-refractivity contribution is 7.99. The molecule has 6 aromatic rings. The van der Waals surface area contributed by atoms with Crippen LogP contribution in [-0.2, 0) is 70.2 Å². The number of esters is 5. The molecule has 115 heavy (non-hydrogen) atoms. The van der Waals surface area contributed by atoms with E-state index in [1.165, 1.54) is 72.7 Å². The van der Waals surface area contributed by atoms with Crippen molar-refractivity contribution in [2.24, 2.45) is 0 Å². The summed E-state index contributed by atoms with van der Waals surface area (Å²) in [6.07, 6.45) is 2.06. The number of rotatable bonds is 7. The lowest BCUT2D eigenvalue weighted by atomic mass is 9.71. The van der Waals surface area contributed by atoms with Crippen LogP contribution in [0.4, 0.5) is 0 Å². The minimum atomic E-state index is -1.40. The Kier molecular flexibility index (Phi) is 20.8. The highest BCUT2D eigenvalue weighted by atomic mass is 32.2. The highest BCUT2D eigenvalue weighted by Crippen LogP contribution is 2.68. The molecule has 0 saturated carbocycles. The summed E-state index contributed by atoms with van der Waals surface area (Å²) in [6, 6.07) is 10.6. The number of phenolic OH excluding ortho intramolecular Hbond substituents is 3. The zero-order chi connectivity index (χ0) is 79.6. The number of benzene rings is 6. The molecule has 0 radical (unpaired) electrons. The lowest BCUT2D eigenvalue weighted by molar-refractivity contribution is -0.158. The largest absolute Gasteiger partial charge is 0.504 e. The van der Waals surface area contributed by atoms with Crippen molar-refractivity contribution < 1.29 is 101 Å². The number of fused-ring (bicyclic) bond motifs is 18. The van der Waals surface area contributed by atoms with Crippen LogP contribution in [0.2, 0.25) is 0 Å². The predicted molar refractivity (Wildman–Crippen MR) is 419 cm³/mol. The van der Waals surface area contributed by atoms with Crippen molar-refractivity contribution in [2.45, 2.75) is 171 Å². The standard InChI is InChI=1S/C42H44N4O11S.C40H42N4O10S.2CH4/c1-18-10-23-11-25-26(14-43)46-27-15-53-41(50)42(24-13-28(51-6)29(56-20(3)47)12-22(24)8-9-44-42)16-58-40(34(46)33(45(25)5)30(23)35(49)36(18)52-7)32-31(27)39-38(54-17-55-39)19(2)37(32)57-21(4)48;1-17-9-21-10-23-24(13-41)44-25-14-51-39(48)40(22-12-27(49-5)26(46)11-20(22)7-8-42-40)15-55-38(32(44)31(43(23)4)28(21)33(47)34(17)50-6)30-29(25)37-36(52-16-53-37)18(2)35(30)54-19(3)45;;/h10,12-13,25-27,33-34,40,44,49H,8-9,11,15-17H2,1-7H3;9,11-12,23-25,31-32,38,42,46-47H,7-8,10,14-16H2,1-6H3;2*1H4/t25-,26-,27-,33+,34?,40+,42+;23-,24-,25-,31+,32?,38+,40+;;/m00../s1. The van der Waals surface area contributed by atoms with Gasteiger partial charge in [0.2, 0.25) is 13.6 Å².